The minimum Gasteiger partial charge on any atom is -0.486 e. The predicted octanol–water partition coefficient (Wildman–Crippen LogP) is 2.40. The first-order chi connectivity index (χ1) is 5.88. The van der Waals surface area contributed by atoms with Gasteiger partial charge in [-0.2, -0.15) is 0 Å². The molecular formula is C10H14O2. The van der Waals surface area contributed by atoms with Crippen LogP contribution in [0, 0.1) is 0 Å². The van der Waals surface area contributed by atoms with Crippen LogP contribution in [0.2, 0.25) is 0 Å². The highest BCUT2D eigenvalue weighted by atomic mass is 16.6. The van der Waals surface area contributed by atoms with Gasteiger partial charge in [-0.15, -0.1) is 0 Å². The lowest BCUT2D eigenvalue weighted by molar-refractivity contribution is 0.0769. The number of hydrogen-bond acceptors (Lipinski definition) is 2. The Kier molecular flexibility index (Phi) is 3.45. The van der Waals surface area contributed by atoms with Gasteiger partial charge in [0, 0.05) is 0 Å². The molecule has 1 aliphatic heterocycles. The summed E-state index contributed by atoms with van der Waals surface area (Å²) in [5.41, 5.74) is 0. The van der Waals surface area contributed by atoms with Crippen LogP contribution >= 0.6 is 0 Å². The lowest BCUT2D eigenvalue weighted by Crippen LogP contribution is -2.11. The smallest absolute Gasteiger partial charge is 0.161 e. The third-order valence-electron chi connectivity index (χ3n) is 1.53. The fourth-order valence-corrected chi connectivity index (χ4v) is 0.960. The van der Waals surface area contributed by atoms with E-state index in [0.717, 1.165) is 17.9 Å². The van der Waals surface area contributed by atoms with Crippen molar-refractivity contribution >= 4 is 0 Å². The van der Waals surface area contributed by atoms with E-state index in [1.54, 1.807) is 6.08 Å². The Bertz CT molecular complexity index is 214. The zero-order chi connectivity index (χ0) is 8.81. The normalized spacial score (nSPS) is 17.4. The molecule has 2 nitrogen and oxygen atoms in total. The van der Waals surface area contributed by atoms with E-state index in [-0.39, 0.29) is 0 Å². The lowest BCUT2D eigenvalue weighted by atomic mass is 10.3. The van der Waals surface area contributed by atoms with Crippen molar-refractivity contribution in [2.75, 3.05) is 13.2 Å². The van der Waals surface area contributed by atoms with Gasteiger partial charge in [0.25, 0.3) is 0 Å². The molecule has 0 saturated carbocycles. The van der Waals surface area contributed by atoms with Crippen LogP contribution in [0.1, 0.15) is 13.3 Å². The van der Waals surface area contributed by atoms with Crippen LogP contribution in [0.4, 0.5) is 0 Å². The molecule has 0 bridgehead atoms. The molecule has 0 atom stereocenters. The molecule has 0 aromatic heterocycles. The second kappa shape index (κ2) is 4.65. The molecular weight excluding hydrogens is 152 g/mol. The van der Waals surface area contributed by atoms with Gasteiger partial charge in [-0.25, -0.2) is 0 Å². The molecule has 2 heteroatoms. The highest BCUT2D eigenvalue weighted by Gasteiger charge is 2.08. The molecule has 0 fully saturated rings. The van der Waals surface area contributed by atoms with E-state index in [2.05, 4.69) is 13.5 Å². The maximum absolute atomic E-state index is 5.38. The molecule has 1 heterocycles. The fraction of sp³-hybridized carbons (Fsp3) is 0.400. The summed E-state index contributed by atoms with van der Waals surface area (Å²) in [6.45, 7) is 6.97. The van der Waals surface area contributed by atoms with E-state index in [0.29, 0.717) is 13.2 Å². The van der Waals surface area contributed by atoms with Gasteiger partial charge in [-0.3, -0.25) is 0 Å². The molecule has 0 radical (unpaired) electrons. The molecule has 66 valence electrons. The summed E-state index contributed by atoms with van der Waals surface area (Å²) in [6, 6.07) is 0. The van der Waals surface area contributed by atoms with Gasteiger partial charge >= 0.3 is 0 Å². The fourth-order valence-electron chi connectivity index (χ4n) is 0.960. The molecule has 0 aromatic carbocycles. The molecule has 1 aliphatic rings. The van der Waals surface area contributed by atoms with Crippen molar-refractivity contribution in [3.05, 3.63) is 36.3 Å². The Morgan fingerprint density at radius 2 is 2.00 bits per heavy atom. The van der Waals surface area contributed by atoms with Crippen LogP contribution < -0.4 is 0 Å². The first-order valence-electron chi connectivity index (χ1n) is 4.17. The van der Waals surface area contributed by atoms with Crippen LogP contribution in [-0.4, -0.2) is 13.2 Å². The van der Waals surface area contributed by atoms with Crippen molar-refractivity contribution in [3.8, 4) is 0 Å². The summed E-state index contributed by atoms with van der Waals surface area (Å²) in [5.74, 6) is 1.53. The predicted molar refractivity (Wildman–Crippen MR) is 48.6 cm³/mol. The third kappa shape index (κ3) is 2.16. The summed E-state index contributed by atoms with van der Waals surface area (Å²) in [5, 5.41) is 0. The molecule has 0 spiro atoms. The van der Waals surface area contributed by atoms with Crippen LogP contribution in [0.3, 0.4) is 0 Å². The van der Waals surface area contributed by atoms with Crippen molar-refractivity contribution < 1.29 is 9.47 Å². The number of hydrogen-bond donors (Lipinski definition) is 0. The van der Waals surface area contributed by atoms with E-state index >= 15 is 0 Å². The first kappa shape index (κ1) is 8.91. The van der Waals surface area contributed by atoms with Crippen molar-refractivity contribution in [1.29, 1.82) is 0 Å². The Morgan fingerprint density at radius 1 is 1.33 bits per heavy atom. The molecule has 0 amide bonds. The van der Waals surface area contributed by atoms with E-state index < -0.39 is 0 Å². The largest absolute Gasteiger partial charge is 0.486 e. The third-order valence-corrected chi connectivity index (χ3v) is 1.53. The second-order valence-corrected chi connectivity index (χ2v) is 2.44. The summed E-state index contributed by atoms with van der Waals surface area (Å²) >= 11 is 0. The standard InChI is InChI=1S/C10H14O2/c1-3-5-6-10-9(4-2)11-7-8-12-10/h4-6H,2-3,7-8H2,1H3/b6-5-. The Balaban J connectivity index is 2.72. The topological polar surface area (TPSA) is 18.5 Å². The zero-order valence-electron chi connectivity index (χ0n) is 7.38. The van der Waals surface area contributed by atoms with E-state index in [1.165, 1.54) is 0 Å². The van der Waals surface area contributed by atoms with E-state index in [1.807, 2.05) is 12.2 Å². The Labute approximate surface area is 73.2 Å². The van der Waals surface area contributed by atoms with Crippen molar-refractivity contribution in [2.45, 2.75) is 13.3 Å². The molecule has 1 rings (SSSR count). The summed E-state index contributed by atoms with van der Waals surface area (Å²) in [6.07, 6.45) is 6.63. The van der Waals surface area contributed by atoms with Gasteiger partial charge in [0.05, 0.1) is 0 Å². The Morgan fingerprint density at radius 3 is 2.58 bits per heavy atom. The number of ether oxygens (including phenoxy) is 2. The minimum absolute atomic E-state index is 0.616. The van der Waals surface area contributed by atoms with Gasteiger partial charge in [-0.05, 0) is 18.6 Å². The first-order valence-corrected chi connectivity index (χ1v) is 4.17. The van der Waals surface area contributed by atoms with Gasteiger partial charge < -0.3 is 9.47 Å². The van der Waals surface area contributed by atoms with Crippen molar-refractivity contribution in [3.63, 3.8) is 0 Å². The molecule has 12 heavy (non-hydrogen) atoms. The van der Waals surface area contributed by atoms with Crippen LogP contribution in [-0.2, 0) is 9.47 Å². The average Bonchev–Trinajstić information content (AvgIpc) is 2.15. The number of rotatable bonds is 3. The molecule has 0 N–H and O–H groups in total. The lowest BCUT2D eigenvalue weighted by Gasteiger charge is -2.17. The van der Waals surface area contributed by atoms with Gasteiger partial charge in [0.1, 0.15) is 13.2 Å². The van der Waals surface area contributed by atoms with Crippen LogP contribution in [0.25, 0.3) is 0 Å². The summed E-state index contributed by atoms with van der Waals surface area (Å²) < 4.78 is 10.7. The van der Waals surface area contributed by atoms with Crippen molar-refractivity contribution in [2.24, 2.45) is 0 Å². The highest BCUT2D eigenvalue weighted by molar-refractivity contribution is 5.24. The molecule has 0 unspecified atom stereocenters. The van der Waals surface area contributed by atoms with Gasteiger partial charge in [-0.1, -0.05) is 19.6 Å². The maximum Gasteiger partial charge on any atom is 0.161 e. The monoisotopic (exact) mass is 166 g/mol. The quantitative estimate of drug-likeness (QED) is 0.641. The Hall–Kier alpha value is -1.18. The van der Waals surface area contributed by atoms with Crippen LogP contribution in [0.5, 0.6) is 0 Å². The SMILES string of the molecule is C=CC1=C(/C=C\CC)OCCO1. The minimum atomic E-state index is 0.616. The summed E-state index contributed by atoms with van der Waals surface area (Å²) in [4.78, 5) is 0. The summed E-state index contributed by atoms with van der Waals surface area (Å²) in [7, 11) is 0. The van der Waals surface area contributed by atoms with Gasteiger partial charge in [0.15, 0.2) is 11.5 Å². The molecule has 0 aromatic rings. The van der Waals surface area contributed by atoms with Crippen molar-refractivity contribution in [1.82, 2.24) is 0 Å². The molecule has 0 aliphatic carbocycles. The van der Waals surface area contributed by atoms with Crippen LogP contribution in [0.15, 0.2) is 36.3 Å². The highest BCUT2D eigenvalue weighted by Crippen LogP contribution is 2.15. The van der Waals surface area contributed by atoms with Gasteiger partial charge in [0.2, 0.25) is 0 Å². The second-order valence-electron chi connectivity index (χ2n) is 2.44. The number of allylic oxidation sites excluding steroid dienone is 3. The zero-order valence-corrected chi connectivity index (χ0v) is 7.38. The molecule has 0 saturated heterocycles. The average molecular weight is 166 g/mol. The maximum atomic E-state index is 5.38. The van der Waals surface area contributed by atoms with E-state index in [9.17, 15) is 0 Å². The van der Waals surface area contributed by atoms with E-state index in [4.69, 9.17) is 9.47 Å².